The molecule has 3 aromatic rings. The van der Waals surface area contributed by atoms with Gasteiger partial charge in [0.15, 0.2) is 0 Å². The van der Waals surface area contributed by atoms with E-state index in [4.69, 9.17) is 0 Å². The minimum Gasteiger partial charge on any atom is -0.321 e. The summed E-state index contributed by atoms with van der Waals surface area (Å²) in [7, 11) is 0. The van der Waals surface area contributed by atoms with Crippen molar-refractivity contribution >= 4 is 33.1 Å². The van der Waals surface area contributed by atoms with Crippen LogP contribution in [0.4, 0.5) is 14.5 Å². The molecule has 1 aliphatic rings. The fourth-order valence-electron chi connectivity index (χ4n) is 3.38. The van der Waals surface area contributed by atoms with Crippen LogP contribution in [0.15, 0.2) is 29.3 Å². The summed E-state index contributed by atoms with van der Waals surface area (Å²) >= 11 is 1.56. The van der Waals surface area contributed by atoms with Crippen LogP contribution in [0.3, 0.4) is 0 Å². The summed E-state index contributed by atoms with van der Waals surface area (Å²) in [6, 6.07) is 3.36. The number of thiophene rings is 1. The SMILES string of the molecule is O=C(CCn1cnc2sc3c(c2c1=O)CCCC3)Nc1c(F)cccc1F. The molecule has 1 amide bonds. The zero-order valence-corrected chi connectivity index (χ0v) is 15.2. The molecule has 8 heteroatoms. The summed E-state index contributed by atoms with van der Waals surface area (Å²) in [5.74, 6) is -2.25. The van der Waals surface area contributed by atoms with Gasteiger partial charge in [-0.25, -0.2) is 13.8 Å². The highest BCUT2D eigenvalue weighted by molar-refractivity contribution is 7.18. The monoisotopic (exact) mass is 389 g/mol. The third-order valence-electron chi connectivity index (χ3n) is 4.75. The molecule has 2 aromatic heterocycles. The van der Waals surface area contributed by atoms with Crippen LogP contribution >= 0.6 is 11.3 Å². The molecule has 0 saturated heterocycles. The summed E-state index contributed by atoms with van der Waals surface area (Å²) in [5, 5.41) is 2.88. The summed E-state index contributed by atoms with van der Waals surface area (Å²) in [5.41, 5.74) is 0.450. The van der Waals surface area contributed by atoms with Gasteiger partial charge in [0.05, 0.1) is 11.7 Å². The van der Waals surface area contributed by atoms with Crippen LogP contribution in [-0.4, -0.2) is 15.5 Å². The molecular weight excluding hydrogens is 372 g/mol. The molecule has 0 radical (unpaired) electrons. The van der Waals surface area contributed by atoms with Crippen molar-refractivity contribution in [1.82, 2.24) is 9.55 Å². The zero-order chi connectivity index (χ0) is 19.0. The van der Waals surface area contributed by atoms with Gasteiger partial charge in [-0.15, -0.1) is 11.3 Å². The largest absolute Gasteiger partial charge is 0.321 e. The van der Waals surface area contributed by atoms with E-state index in [9.17, 15) is 18.4 Å². The lowest BCUT2D eigenvalue weighted by atomic mass is 9.97. The van der Waals surface area contributed by atoms with Crippen molar-refractivity contribution in [2.24, 2.45) is 0 Å². The lowest BCUT2D eigenvalue weighted by molar-refractivity contribution is -0.116. The number of carbonyl (C=O) groups is 1. The second kappa shape index (κ2) is 7.19. The van der Waals surface area contributed by atoms with Gasteiger partial charge in [-0.2, -0.15) is 0 Å². The molecule has 0 unspecified atom stereocenters. The van der Waals surface area contributed by atoms with E-state index in [1.807, 2.05) is 0 Å². The molecule has 0 saturated carbocycles. The van der Waals surface area contributed by atoms with Crippen molar-refractivity contribution in [3.63, 3.8) is 0 Å². The Morgan fingerprint density at radius 1 is 1.22 bits per heavy atom. The number of amides is 1. The molecule has 1 aliphatic carbocycles. The molecule has 140 valence electrons. The minimum atomic E-state index is -0.839. The number of hydrogen-bond acceptors (Lipinski definition) is 4. The van der Waals surface area contributed by atoms with Gasteiger partial charge in [0.1, 0.15) is 22.2 Å². The Kier molecular flexibility index (Phi) is 4.73. The molecule has 0 atom stereocenters. The first-order chi connectivity index (χ1) is 13.0. The maximum atomic E-state index is 13.6. The van der Waals surface area contributed by atoms with Crippen LogP contribution < -0.4 is 10.9 Å². The summed E-state index contributed by atoms with van der Waals surface area (Å²) in [4.78, 5) is 31.2. The van der Waals surface area contributed by atoms with Crippen LogP contribution in [0.5, 0.6) is 0 Å². The Labute approximate surface area is 157 Å². The van der Waals surface area contributed by atoms with E-state index >= 15 is 0 Å². The second-order valence-corrected chi connectivity index (χ2v) is 7.61. The Morgan fingerprint density at radius 3 is 2.74 bits per heavy atom. The first-order valence-electron chi connectivity index (χ1n) is 8.78. The summed E-state index contributed by atoms with van der Waals surface area (Å²) in [6.45, 7) is 0.0916. The van der Waals surface area contributed by atoms with Gasteiger partial charge in [-0.3, -0.25) is 14.2 Å². The lowest BCUT2D eigenvalue weighted by Crippen LogP contribution is -2.24. The smallest absolute Gasteiger partial charge is 0.262 e. The summed E-state index contributed by atoms with van der Waals surface area (Å²) < 4.78 is 28.6. The van der Waals surface area contributed by atoms with E-state index < -0.39 is 23.2 Å². The van der Waals surface area contributed by atoms with Crippen molar-refractivity contribution in [3.8, 4) is 0 Å². The predicted molar refractivity (Wildman–Crippen MR) is 100 cm³/mol. The van der Waals surface area contributed by atoms with Gasteiger partial charge >= 0.3 is 0 Å². The number of halogens is 2. The van der Waals surface area contributed by atoms with Gasteiger partial charge in [0.2, 0.25) is 5.91 Å². The molecule has 2 heterocycles. The molecule has 1 aromatic carbocycles. The Morgan fingerprint density at radius 2 is 1.96 bits per heavy atom. The molecule has 5 nitrogen and oxygen atoms in total. The predicted octanol–water partition coefficient (Wildman–Crippen LogP) is 3.64. The van der Waals surface area contributed by atoms with Gasteiger partial charge < -0.3 is 5.32 Å². The molecule has 0 spiro atoms. The number of rotatable bonds is 4. The topological polar surface area (TPSA) is 64.0 Å². The van der Waals surface area contributed by atoms with Gasteiger partial charge in [-0.05, 0) is 43.4 Å². The van der Waals surface area contributed by atoms with E-state index in [-0.39, 0.29) is 18.5 Å². The number of hydrogen-bond donors (Lipinski definition) is 1. The second-order valence-electron chi connectivity index (χ2n) is 6.53. The van der Waals surface area contributed by atoms with E-state index in [2.05, 4.69) is 10.3 Å². The van der Waals surface area contributed by atoms with Crippen LogP contribution in [0.1, 0.15) is 29.7 Å². The third-order valence-corrected chi connectivity index (χ3v) is 5.95. The average Bonchev–Trinajstić information content (AvgIpc) is 3.03. The number of aryl methyl sites for hydroxylation is 3. The minimum absolute atomic E-state index is 0.0901. The zero-order valence-electron chi connectivity index (χ0n) is 14.4. The number of nitrogens with one attached hydrogen (secondary N) is 1. The molecule has 0 bridgehead atoms. The van der Waals surface area contributed by atoms with Crippen LogP contribution in [0.25, 0.3) is 10.2 Å². The lowest BCUT2D eigenvalue weighted by Gasteiger charge is -2.11. The fourth-order valence-corrected chi connectivity index (χ4v) is 4.60. The van der Waals surface area contributed by atoms with Crippen LogP contribution in [0, 0.1) is 11.6 Å². The quantitative estimate of drug-likeness (QED) is 0.741. The van der Waals surface area contributed by atoms with Crippen molar-refractivity contribution in [2.45, 2.75) is 38.6 Å². The maximum absolute atomic E-state index is 13.6. The van der Waals surface area contributed by atoms with Crippen LogP contribution in [-0.2, 0) is 24.2 Å². The van der Waals surface area contributed by atoms with E-state index in [1.165, 1.54) is 21.8 Å². The summed E-state index contributed by atoms with van der Waals surface area (Å²) in [6.07, 6.45) is 5.39. The molecule has 4 rings (SSSR count). The normalized spacial score (nSPS) is 13.6. The Bertz CT molecular complexity index is 1070. The third kappa shape index (κ3) is 3.37. The average molecular weight is 389 g/mol. The molecule has 0 aliphatic heterocycles. The molecule has 1 N–H and O–H groups in total. The fraction of sp³-hybridized carbons (Fsp3) is 0.316. The Balaban J connectivity index is 1.53. The van der Waals surface area contributed by atoms with E-state index in [0.29, 0.717) is 5.39 Å². The number of carbonyl (C=O) groups excluding carboxylic acids is 1. The van der Waals surface area contributed by atoms with E-state index in [0.717, 1.165) is 48.2 Å². The van der Waals surface area contributed by atoms with Gasteiger partial charge in [0.25, 0.3) is 5.56 Å². The number of nitrogens with zero attached hydrogens (tertiary/aromatic N) is 2. The molecule has 27 heavy (non-hydrogen) atoms. The Hall–Kier alpha value is -2.61. The van der Waals surface area contributed by atoms with Crippen molar-refractivity contribution in [3.05, 3.63) is 57.0 Å². The number of anilines is 1. The van der Waals surface area contributed by atoms with Gasteiger partial charge in [0, 0.05) is 17.8 Å². The van der Waals surface area contributed by atoms with Crippen LogP contribution in [0.2, 0.25) is 0 Å². The standard InChI is InChI=1S/C19H17F2N3O2S/c20-12-5-3-6-13(21)17(12)23-15(25)8-9-24-10-22-18-16(19(24)26)11-4-1-2-7-14(11)27-18/h3,5-6,10H,1-2,4,7-9H2,(H,23,25). The van der Waals surface area contributed by atoms with Crippen molar-refractivity contribution in [2.75, 3.05) is 5.32 Å². The first-order valence-corrected chi connectivity index (χ1v) is 9.60. The number of fused-ring (bicyclic) bond motifs is 3. The first kappa shape index (κ1) is 17.8. The van der Waals surface area contributed by atoms with E-state index in [1.54, 1.807) is 11.3 Å². The highest BCUT2D eigenvalue weighted by Gasteiger charge is 2.20. The highest BCUT2D eigenvalue weighted by Crippen LogP contribution is 2.33. The van der Waals surface area contributed by atoms with Crippen molar-refractivity contribution < 1.29 is 13.6 Å². The van der Waals surface area contributed by atoms with Crippen molar-refractivity contribution in [1.29, 1.82) is 0 Å². The highest BCUT2D eigenvalue weighted by atomic mass is 32.1. The van der Waals surface area contributed by atoms with Gasteiger partial charge in [-0.1, -0.05) is 6.07 Å². The number of benzene rings is 1. The number of aromatic nitrogens is 2. The molecular formula is C19H17F2N3O2S. The number of para-hydroxylation sites is 1. The molecule has 0 fully saturated rings. The maximum Gasteiger partial charge on any atom is 0.262 e.